The van der Waals surface area contributed by atoms with E-state index in [9.17, 15) is 0 Å². The van der Waals surface area contributed by atoms with Crippen LogP contribution < -0.4 is 10.1 Å². The van der Waals surface area contributed by atoms with Gasteiger partial charge in [-0.3, -0.25) is 0 Å². The van der Waals surface area contributed by atoms with Crippen LogP contribution in [-0.4, -0.2) is 26.4 Å². The second-order valence-corrected chi connectivity index (χ2v) is 4.63. The Morgan fingerprint density at radius 3 is 2.17 bits per heavy atom. The van der Waals surface area contributed by atoms with Gasteiger partial charge in [0.2, 0.25) is 0 Å². The first kappa shape index (κ1) is 15.0. The molecular formula is C15H25NO2. The lowest BCUT2D eigenvalue weighted by Crippen LogP contribution is -2.38. The van der Waals surface area contributed by atoms with Gasteiger partial charge in [0.15, 0.2) is 0 Å². The van der Waals surface area contributed by atoms with Crippen LogP contribution >= 0.6 is 0 Å². The van der Waals surface area contributed by atoms with Crippen molar-refractivity contribution in [1.29, 1.82) is 0 Å². The van der Waals surface area contributed by atoms with E-state index < -0.39 is 0 Å². The monoisotopic (exact) mass is 251 g/mol. The molecule has 0 aliphatic carbocycles. The molecule has 0 spiro atoms. The minimum atomic E-state index is 0.206. The molecular weight excluding hydrogens is 226 g/mol. The largest absolute Gasteiger partial charge is 0.497 e. The highest BCUT2D eigenvalue weighted by atomic mass is 16.5. The molecule has 1 N–H and O–H groups in total. The summed E-state index contributed by atoms with van der Waals surface area (Å²) >= 11 is 0. The van der Waals surface area contributed by atoms with Crippen molar-refractivity contribution < 1.29 is 9.47 Å². The fourth-order valence-electron chi connectivity index (χ4n) is 1.94. The van der Waals surface area contributed by atoms with Gasteiger partial charge in [-0.1, -0.05) is 19.1 Å². The van der Waals surface area contributed by atoms with Gasteiger partial charge in [-0.25, -0.2) is 0 Å². The van der Waals surface area contributed by atoms with Crippen molar-refractivity contribution in [3.63, 3.8) is 0 Å². The zero-order valence-electron chi connectivity index (χ0n) is 12.1. The van der Waals surface area contributed by atoms with Crippen molar-refractivity contribution in [3.8, 4) is 5.75 Å². The highest BCUT2D eigenvalue weighted by Gasteiger charge is 2.16. The van der Waals surface area contributed by atoms with Crippen molar-refractivity contribution in [1.82, 2.24) is 5.32 Å². The van der Waals surface area contributed by atoms with Crippen LogP contribution in [0, 0.1) is 0 Å². The van der Waals surface area contributed by atoms with Gasteiger partial charge < -0.3 is 14.8 Å². The van der Waals surface area contributed by atoms with Crippen LogP contribution in [0.15, 0.2) is 24.3 Å². The Labute approximate surface area is 110 Å². The molecule has 0 saturated heterocycles. The van der Waals surface area contributed by atoms with Crippen molar-refractivity contribution in [3.05, 3.63) is 29.8 Å². The Bertz CT molecular complexity index is 337. The van der Waals surface area contributed by atoms with E-state index in [1.165, 1.54) is 5.56 Å². The van der Waals surface area contributed by atoms with Crippen LogP contribution in [0.2, 0.25) is 0 Å². The van der Waals surface area contributed by atoms with E-state index in [1.54, 1.807) is 14.2 Å². The Morgan fingerprint density at radius 1 is 1.11 bits per heavy atom. The third-order valence-electron chi connectivity index (χ3n) is 3.47. The van der Waals surface area contributed by atoms with Crippen LogP contribution in [0.5, 0.6) is 5.75 Å². The Balaban J connectivity index is 2.70. The van der Waals surface area contributed by atoms with Crippen LogP contribution in [0.3, 0.4) is 0 Å². The molecule has 102 valence electrons. The minimum absolute atomic E-state index is 0.206. The standard InChI is InChI=1S/C15H25NO2/c1-6-15(16-11(2)12(3)17-4)13-7-9-14(18-5)10-8-13/h7-12,15-16H,6H2,1-5H3. The fraction of sp³-hybridized carbons (Fsp3) is 0.600. The average Bonchev–Trinajstić information content (AvgIpc) is 2.43. The first-order valence-corrected chi connectivity index (χ1v) is 6.55. The van der Waals surface area contributed by atoms with E-state index in [2.05, 4.69) is 38.2 Å². The van der Waals surface area contributed by atoms with E-state index in [4.69, 9.17) is 9.47 Å². The highest BCUT2D eigenvalue weighted by Crippen LogP contribution is 2.21. The Kier molecular flexibility index (Phi) is 6.16. The van der Waals surface area contributed by atoms with Gasteiger partial charge in [-0.2, -0.15) is 0 Å². The molecule has 0 aromatic heterocycles. The number of benzene rings is 1. The molecule has 3 heteroatoms. The second-order valence-electron chi connectivity index (χ2n) is 4.63. The summed E-state index contributed by atoms with van der Waals surface area (Å²) in [5, 5.41) is 3.61. The predicted molar refractivity (Wildman–Crippen MR) is 75.1 cm³/mol. The van der Waals surface area contributed by atoms with Crippen molar-refractivity contribution in [2.45, 2.75) is 45.4 Å². The van der Waals surface area contributed by atoms with E-state index in [-0.39, 0.29) is 6.10 Å². The second kappa shape index (κ2) is 7.39. The maximum atomic E-state index is 5.35. The molecule has 18 heavy (non-hydrogen) atoms. The molecule has 0 saturated carbocycles. The van der Waals surface area contributed by atoms with Crippen LogP contribution in [0.25, 0.3) is 0 Å². The minimum Gasteiger partial charge on any atom is -0.497 e. The molecule has 1 rings (SSSR count). The molecule has 0 aliphatic rings. The lowest BCUT2D eigenvalue weighted by molar-refractivity contribution is 0.0841. The molecule has 0 radical (unpaired) electrons. The summed E-state index contributed by atoms with van der Waals surface area (Å²) in [5.74, 6) is 0.895. The van der Waals surface area contributed by atoms with E-state index in [1.807, 2.05) is 12.1 Å². The number of methoxy groups -OCH3 is 2. The summed E-state index contributed by atoms with van der Waals surface area (Å²) in [4.78, 5) is 0. The third-order valence-corrected chi connectivity index (χ3v) is 3.47. The van der Waals surface area contributed by atoms with E-state index >= 15 is 0 Å². The molecule has 0 aliphatic heterocycles. The molecule has 0 heterocycles. The first-order chi connectivity index (χ1) is 8.62. The summed E-state index contributed by atoms with van der Waals surface area (Å²) in [7, 11) is 3.43. The van der Waals surface area contributed by atoms with Gasteiger partial charge in [-0.15, -0.1) is 0 Å². The van der Waals surface area contributed by atoms with Gasteiger partial charge in [0.1, 0.15) is 5.75 Å². The molecule has 3 atom stereocenters. The zero-order valence-corrected chi connectivity index (χ0v) is 12.1. The fourth-order valence-corrected chi connectivity index (χ4v) is 1.94. The highest BCUT2D eigenvalue weighted by molar-refractivity contribution is 5.29. The molecule has 0 bridgehead atoms. The average molecular weight is 251 g/mol. The normalized spacial score (nSPS) is 16.1. The molecule has 0 amide bonds. The molecule has 3 unspecified atom stereocenters. The van der Waals surface area contributed by atoms with Crippen molar-refractivity contribution >= 4 is 0 Å². The van der Waals surface area contributed by atoms with Gasteiger partial charge in [0.25, 0.3) is 0 Å². The number of rotatable bonds is 7. The molecule has 1 aromatic carbocycles. The van der Waals surface area contributed by atoms with Gasteiger partial charge >= 0.3 is 0 Å². The third kappa shape index (κ3) is 4.00. The summed E-state index contributed by atoms with van der Waals surface area (Å²) < 4.78 is 10.5. The van der Waals surface area contributed by atoms with E-state index in [0.717, 1.165) is 12.2 Å². The quantitative estimate of drug-likeness (QED) is 0.807. The maximum absolute atomic E-state index is 5.35. The van der Waals surface area contributed by atoms with E-state index in [0.29, 0.717) is 12.1 Å². The number of ether oxygens (including phenoxy) is 2. The lowest BCUT2D eigenvalue weighted by Gasteiger charge is -2.26. The number of hydrogen-bond donors (Lipinski definition) is 1. The predicted octanol–water partition coefficient (Wildman–Crippen LogP) is 3.16. The topological polar surface area (TPSA) is 30.5 Å². The molecule has 1 aromatic rings. The zero-order chi connectivity index (χ0) is 13.5. The van der Waals surface area contributed by atoms with Crippen molar-refractivity contribution in [2.75, 3.05) is 14.2 Å². The summed E-state index contributed by atoms with van der Waals surface area (Å²) in [6, 6.07) is 8.91. The van der Waals surface area contributed by atoms with Gasteiger partial charge in [0, 0.05) is 19.2 Å². The SMILES string of the molecule is CCC(NC(C)C(C)OC)c1ccc(OC)cc1. The Hall–Kier alpha value is -1.06. The summed E-state index contributed by atoms with van der Waals surface area (Å²) in [6.45, 7) is 6.42. The van der Waals surface area contributed by atoms with Gasteiger partial charge in [-0.05, 0) is 38.0 Å². The van der Waals surface area contributed by atoms with Crippen molar-refractivity contribution in [2.24, 2.45) is 0 Å². The maximum Gasteiger partial charge on any atom is 0.118 e. The van der Waals surface area contributed by atoms with Crippen LogP contribution in [0.1, 0.15) is 38.8 Å². The number of nitrogens with one attached hydrogen (secondary N) is 1. The Morgan fingerprint density at radius 2 is 1.72 bits per heavy atom. The first-order valence-electron chi connectivity index (χ1n) is 6.55. The molecule has 0 fully saturated rings. The smallest absolute Gasteiger partial charge is 0.118 e. The van der Waals surface area contributed by atoms with Crippen LogP contribution in [0.4, 0.5) is 0 Å². The van der Waals surface area contributed by atoms with Gasteiger partial charge in [0.05, 0.1) is 13.2 Å². The number of hydrogen-bond acceptors (Lipinski definition) is 3. The van der Waals surface area contributed by atoms with Crippen LogP contribution in [-0.2, 0) is 4.74 Å². The molecule has 3 nitrogen and oxygen atoms in total. The summed E-state index contributed by atoms with van der Waals surface area (Å²) in [6.07, 6.45) is 1.25. The lowest BCUT2D eigenvalue weighted by atomic mass is 10.0. The summed E-state index contributed by atoms with van der Waals surface area (Å²) in [5.41, 5.74) is 1.29.